The highest BCUT2D eigenvalue weighted by Gasteiger charge is 2.25. The van der Waals surface area contributed by atoms with E-state index in [0.29, 0.717) is 10.7 Å². The summed E-state index contributed by atoms with van der Waals surface area (Å²) in [6, 6.07) is 13.6. The minimum absolute atomic E-state index is 0.0319. The first-order chi connectivity index (χ1) is 12.8. The highest BCUT2D eigenvalue weighted by molar-refractivity contribution is 7.92. The van der Waals surface area contributed by atoms with Crippen molar-refractivity contribution in [3.63, 3.8) is 0 Å². The van der Waals surface area contributed by atoms with E-state index < -0.39 is 22.1 Å². The van der Waals surface area contributed by atoms with Gasteiger partial charge in [-0.05, 0) is 49.4 Å². The molecule has 0 N–H and O–H groups in total. The van der Waals surface area contributed by atoms with Crippen LogP contribution in [0.3, 0.4) is 0 Å². The lowest BCUT2D eigenvalue weighted by atomic mass is 10.2. The quantitative estimate of drug-likeness (QED) is 0.517. The van der Waals surface area contributed by atoms with Gasteiger partial charge in [0.2, 0.25) is 0 Å². The van der Waals surface area contributed by atoms with Crippen LogP contribution in [0.4, 0.5) is 5.69 Å². The highest BCUT2D eigenvalue weighted by atomic mass is 35.5. The van der Waals surface area contributed by atoms with Gasteiger partial charge in [-0.1, -0.05) is 23.7 Å². The standard InChI is InChI=1S/C19H17ClN2O4S/c1-3-11-22(17-9-7-16(20)8-10-17)27(24,25)18-6-4-5-15(12-18)19(23)26-14(2)13-21/h3-10,12,14H,1,11H2,2H3/t14-/m1/s1. The first-order valence-electron chi connectivity index (χ1n) is 7.89. The third-order valence-electron chi connectivity index (χ3n) is 3.53. The number of carbonyl (C=O) groups is 1. The number of halogens is 1. The molecule has 27 heavy (non-hydrogen) atoms. The zero-order valence-electron chi connectivity index (χ0n) is 14.5. The van der Waals surface area contributed by atoms with Crippen molar-refractivity contribution >= 4 is 33.3 Å². The number of rotatable bonds is 7. The number of nitriles is 1. The molecule has 0 aliphatic heterocycles. The van der Waals surface area contributed by atoms with Crippen LogP contribution < -0.4 is 4.31 Å². The second-order valence-corrected chi connectivity index (χ2v) is 7.80. The summed E-state index contributed by atoms with van der Waals surface area (Å²) in [5.74, 6) is -0.775. The van der Waals surface area contributed by atoms with Gasteiger partial charge in [-0.25, -0.2) is 13.2 Å². The molecule has 140 valence electrons. The molecule has 1 atom stereocenters. The van der Waals surface area contributed by atoms with E-state index in [1.165, 1.54) is 37.3 Å². The zero-order valence-corrected chi connectivity index (χ0v) is 16.1. The van der Waals surface area contributed by atoms with Crippen LogP contribution in [-0.2, 0) is 14.8 Å². The van der Waals surface area contributed by atoms with E-state index in [2.05, 4.69) is 6.58 Å². The summed E-state index contributed by atoms with van der Waals surface area (Å²) < 4.78 is 32.3. The normalized spacial score (nSPS) is 11.9. The number of esters is 1. The molecule has 2 aromatic carbocycles. The molecular formula is C19H17ClN2O4S. The van der Waals surface area contributed by atoms with Crippen LogP contribution in [-0.4, -0.2) is 27.0 Å². The van der Waals surface area contributed by atoms with Crippen molar-refractivity contribution in [3.05, 3.63) is 71.8 Å². The maximum atomic E-state index is 13.1. The first kappa shape index (κ1) is 20.5. The Morgan fingerprint density at radius 1 is 1.33 bits per heavy atom. The molecule has 0 radical (unpaired) electrons. The summed E-state index contributed by atoms with van der Waals surface area (Å²) in [4.78, 5) is 12.0. The van der Waals surface area contributed by atoms with E-state index in [-0.39, 0.29) is 17.0 Å². The summed E-state index contributed by atoms with van der Waals surface area (Å²) in [6.07, 6.45) is 0.517. The zero-order chi connectivity index (χ0) is 20.0. The lowest BCUT2D eigenvalue weighted by molar-refractivity contribution is 0.0435. The molecule has 6 nitrogen and oxygen atoms in total. The summed E-state index contributed by atoms with van der Waals surface area (Å²) in [5, 5.41) is 9.22. The molecule has 2 rings (SSSR count). The lowest BCUT2D eigenvalue weighted by Crippen LogP contribution is -2.31. The molecule has 0 saturated heterocycles. The molecule has 2 aromatic rings. The fourth-order valence-electron chi connectivity index (χ4n) is 2.23. The third-order valence-corrected chi connectivity index (χ3v) is 5.57. The minimum atomic E-state index is -3.97. The highest BCUT2D eigenvalue weighted by Crippen LogP contribution is 2.26. The number of anilines is 1. The van der Waals surface area contributed by atoms with Gasteiger partial charge in [-0.15, -0.1) is 6.58 Å². The number of benzene rings is 2. The van der Waals surface area contributed by atoms with Crippen LogP contribution in [0.15, 0.2) is 66.1 Å². The molecule has 0 saturated carbocycles. The van der Waals surface area contributed by atoms with Crippen molar-refractivity contribution in [2.45, 2.75) is 17.9 Å². The number of ether oxygens (including phenoxy) is 1. The molecule has 0 aliphatic carbocycles. The fourth-order valence-corrected chi connectivity index (χ4v) is 3.84. The molecule has 0 aromatic heterocycles. The predicted octanol–water partition coefficient (Wildman–Crippen LogP) is 3.79. The van der Waals surface area contributed by atoms with E-state index in [1.54, 1.807) is 30.3 Å². The molecule has 0 aliphatic rings. The van der Waals surface area contributed by atoms with Gasteiger partial charge in [0, 0.05) is 5.02 Å². The van der Waals surface area contributed by atoms with Crippen molar-refractivity contribution in [2.24, 2.45) is 0 Å². The largest absolute Gasteiger partial charge is 0.444 e. The average Bonchev–Trinajstić information content (AvgIpc) is 2.66. The summed E-state index contributed by atoms with van der Waals surface area (Å²) in [5.41, 5.74) is 0.443. The van der Waals surface area contributed by atoms with Gasteiger partial charge < -0.3 is 4.74 Å². The van der Waals surface area contributed by atoms with Crippen LogP contribution in [0.1, 0.15) is 17.3 Å². The summed E-state index contributed by atoms with van der Waals surface area (Å²) in [7, 11) is -3.97. The SMILES string of the molecule is C=CCN(c1ccc(Cl)cc1)S(=O)(=O)c1cccc(C(=O)O[C@H](C)C#N)c1. The van der Waals surface area contributed by atoms with Gasteiger partial charge >= 0.3 is 5.97 Å². The van der Waals surface area contributed by atoms with Crippen molar-refractivity contribution in [3.8, 4) is 6.07 Å². The number of carbonyl (C=O) groups excluding carboxylic acids is 1. The Labute approximate surface area is 163 Å². The molecule has 0 fully saturated rings. The minimum Gasteiger partial charge on any atom is -0.444 e. The van der Waals surface area contributed by atoms with E-state index in [1.807, 2.05) is 0 Å². The Morgan fingerprint density at radius 2 is 2.00 bits per heavy atom. The Kier molecular flexibility index (Phi) is 6.61. The maximum absolute atomic E-state index is 13.1. The molecular weight excluding hydrogens is 388 g/mol. The Balaban J connectivity index is 2.43. The van der Waals surface area contributed by atoms with Gasteiger partial charge in [0.15, 0.2) is 6.10 Å². The third kappa shape index (κ3) is 4.88. The van der Waals surface area contributed by atoms with Gasteiger partial charge in [-0.2, -0.15) is 5.26 Å². The Bertz CT molecular complexity index is 982. The summed E-state index contributed by atoms with van der Waals surface area (Å²) >= 11 is 5.87. The fraction of sp³-hybridized carbons (Fsp3) is 0.158. The predicted molar refractivity (Wildman–Crippen MR) is 103 cm³/mol. The smallest absolute Gasteiger partial charge is 0.339 e. The number of hydrogen-bond acceptors (Lipinski definition) is 5. The van der Waals surface area contributed by atoms with Gasteiger partial charge in [0.05, 0.1) is 22.7 Å². The monoisotopic (exact) mass is 404 g/mol. The molecule has 0 bridgehead atoms. The van der Waals surface area contributed by atoms with Gasteiger partial charge in [-0.3, -0.25) is 4.31 Å². The maximum Gasteiger partial charge on any atom is 0.339 e. The summed E-state index contributed by atoms with van der Waals surface area (Å²) in [6.45, 7) is 5.05. The van der Waals surface area contributed by atoms with Gasteiger partial charge in [0.1, 0.15) is 6.07 Å². The van der Waals surface area contributed by atoms with E-state index in [4.69, 9.17) is 21.6 Å². The van der Waals surface area contributed by atoms with E-state index in [9.17, 15) is 13.2 Å². The number of nitrogens with zero attached hydrogens (tertiary/aromatic N) is 2. The first-order valence-corrected chi connectivity index (χ1v) is 9.71. The van der Waals surface area contributed by atoms with Crippen molar-refractivity contribution in [1.29, 1.82) is 5.26 Å². The van der Waals surface area contributed by atoms with Gasteiger partial charge in [0.25, 0.3) is 10.0 Å². The molecule has 0 amide bonds. The second kappa shape index (κ2) is 8.71. The molecule has 8 heteroatoms. The van der Waals surface area contributed by atoms with Crippen LogP contribution in [0.5, 0.6) is 0 Å². The number of hydrogen-bond donors (Lipinski definition) is 0. The second-order valence-electron chi connectivity index (χ2n) is 5.51. The Morgan fingerprint density at radius 3 is 2.59 bits per heavy atom. The topological polar surface area (TPSA) is 87.5 Å². The molecule has 0 heterocycles. The average molecular weight is 405 g/mol. The van der Waals surface area contributed by atoms with E-state index >= 15 is 0 Å². The Hall–Kier alpha value is -2.82. The number of sulfonamides is 1. The van der Waals surface area contributed by atoms with Crippen molar-refractivity contribution in [2.75, 3.05) is 10.8 Å². The van der Waals surface area contributed by atoms with Crippen LogP contribution >= 0.6 is 11.6 Å². The molecule has 0 unspecified atom stereocenters. The van der Waals surface area contributed by atoms with Crippen LogP contribution in [0.25, 0.3) is 0 Å². The van der Waals surface area contributed by atoms with Crippen LogP contribution in [0.2, 0.25) is 5.02 Å². The van der Waals surface area contributed by atoms with Crippen LogP contribution in [0, 0.1) is 11.3 Å². The van der Waals surface area contributed by atoms with E-state index in [0.717, 1.165) is 4.31 Å². The lowest BCUT2D eigenvalue weighted by Gasteiger charge is -2.23. The molecule has 0 spiro atoms. The van der Waals surface area contributed by atoms with Crippen molar-refractivity contribution in [1.82, 2.24) is 0 Å². The van der Waals surface area contributed by atoms with Crippen molar-refractivity contribution < 1.29 is 17.9 Å².